The highest BCUT2D eigenvalue weighted by Crippen LogP contribution is 2.27. The molecule has 0 aromatic heterocycles. The number of aliphatic hydroxyl groups excluding tert-OH is 1. The van der Waals surface area contributed by atoms with Crippen molar-refractivity contribution in [1.29, 1.82) is 5.26 Å². The highest BCUT2D eigenvalue weighted by molar-refractivity contribution is 5.08. The molecular weight excluding hydrogens is 152 g/mol. The van der Waals surface area contributed by atoms with Gasteiger partial charge < -0.3 is 5.11 Å². The van der Waals surface area contributed by atoms with Crippen molar-refractivity contribution in [2.24, 2.45) is 0 Å². The van der Waals surface area contributed by atoms with Gasteiger partial charge in [-0.2, -0.15) is 5.26 Å². The zero-order valence-electron chi connectivity index (χ0n) is 7.34. The molecule has 1 aliphatic carbocycles. The van der Waals surface area contributed by atoms with Crippen LogP contribution in [0.5, 0.6) is 0 Å². The van der Waals surface area contributed by atoms with Gasteiger partial charge in [0.2, 0.25) is 0 Å². The van der Waals surface area contributed by atoms with Crippen LogP contribution >= 0.6 is 0 Å². The topological polar surface area (TPSA) is 56.0 Å². The summed E-state index contributed by atoms with van der Waals surface area (Å²) in [5.41, 5.74) is -0.332. The number of hydrogen-bond acceptors (Lipinski definition) is 3. The maximum absolute atomic E-state index is 8.97. The molecular formula is C9H16N2O. The van der Waals surface area contributed by atoms with Crippen molar-refractivity contribution >= 4 is 0 Å². The first-order valence-corrected chi connectivity index (χ1v) is 4.60. The van der Waals surface area contributed by atoms with Crippen LogP contribution in [0.1, 0.15) is 32.1 Å². The second-order valence-electron chi connectivity index (χ2n) is 3.40. The largest absolute Gasteiger partial charge is 0.395 e. The number of nitrogens with one attached hydrogen (secondary N) is 1. The van der Waals surface area contributed by atoms with Crippen molar-refractivity contribution in [2.45, 2.75) is 37.6 Å². The molecule has 0 aromatic carbocycles. The Morgan fingerprint density at radius 3 is 2.50 bits per heavy atom. The van der Waals surface area contributed by atoms with Gasteiger partial charge in [0, 0.05) is 6.54 Å². The van der Waals surface area contributed by atoms with Crippen LogP contribution in [-0.2, 0) is 0 Å². The second-order valence-corrected chi connectivity index (χ2v) is 3.40. The number of nitrogens with zero attached hydrogens (tertiary/aromatic N) is 1. The SMILES string of the molecule is N#CC1(NCCO)CCCCC1. The molecule has 68 valence electrons. The maximum atomic E-state index is 8.97. The number of hydrogen-bond donors (Lipinski definition) is 2. The van der Waals surface area contributed by atoms with E-state index in [0.717, 1.165) is 25.7 Å². The third-order valence-corrected chi connectivity index (χ3v) is 2.50. The van der Waals surface area contributed by atoms with Crippen LogP contribution in [-0.4, -0.2) is 23.8 Å². The van der Waals surface area contributed by atoms with Crippen molar-refractivity contribution in [1.82, 2.24) is 5.32 Å². The summed E-state index contributed by atoms with van der Waals surface area (Å²) in [4.78, 5) is 0. The molecule has 1 saturated carbocycles. The Hall–Kier alpha value is -0.590. The molecule has 0 radical (unpaired) electrons. The lowest BCUT2D eigenvalue weighted by atomic mass is 9.83. The minimum absolute atomic E-state index is 0.115. The highest BCUT2D eigenvalue weighted by atomic mass is 16.3. The molecule has 1 rings (SSSR count). The van der Waals surface area contributed by atoms with Crippen molar-refractivity contribution in [3.8, 4) is 6.07 Å². The molecule has 0 atom stereocenters. The molecule has 3 nitrogen and oxygen atoms in total. The number of rotatable bonds is 3. The standard InChI is InChI=1S/C9H16N2O/c10-8-9(11-6-7-12)4-2-1-3-5-9/h11-12H,1-7H2. The fourth-order valence-corrected chi connectivity index (χ4v) is 1.78. The Bertz CT molecular complexity index is 168. The lowest BCUT2D eigenvalue weighted by molar-refractivity contribution is 0.244. The zero-order chi connectivity index (χ0) is 8.86. The van der Waals surface area contributed by atoms with Gasteiger partial charge in [-0.1, -0.05) is 19.3 Å². The Balaban J connectivity index is 2.44. The highest BCUT2D eigenvalue weighted by Gasteiger charge is 2.30. The Labute approximate surface area is 73.4 Å². The number of aliphatic hydroxyl groups is 1. The molecule has 1 fully saturated rings. The second kappa shape index (κ2) is 4.44. The first-order chi connectivity index (χ1) is 5.83. The molecule has 12 heavy (non-hydrogen) atoms. The van der Waals surface area contributed by atoms with E-state index in [9.17, 15) is 0 Å². The maximum Gasteiger partial charge on any atom is 0.106 e. The van der Waals surface area contributed by atoms with Gasteiger partial charge in [-0.05, 0) is 12.8 Å². The van der Waals surface area contributed by atoms with E-state index in [1.807, 2.05) is 0 Å². The molecule has 0 heterocycles. The molecule has 3 heteroatoms. The average molecular weight is 168 g/mol. The monoisotopic (exact) mass is 168 g/mol. The van der Waals surface area contributed by atoms with E-state index in [4.69, 9.17) is 10.4 Å². The summed E-state index contributed by atoms with van der Waals surface area (Å²) in [6, 6.07) is 2.33. The first kappa shape index (κ1) is 9.50. The van der Waals surface area contributed by atoms with Gasteiger partial charge >= 0.3 is 0 Å². The van der Waals surface area contributed by atoms with Gasteiger partial charge in [-0.25, -0.2) is 0 Å². The number of β-amino-alcohol motifs (C(OH)–C–C–N with tert-alkyl or cyclic N) is 1. The van der Waals surface area contributed by atoms with E-state index in [0.29, 0.717) is 6.54 Å². The van der Waals surface area contributed by atoms with Crippen LogP contribution in [0, 0.1) is 11.3 Å². The molecule has 0 spiro atoms. The van der Waals surface area contributed by atoms with E-state index in [-0.39, 0.29) is 12.1 Å². The summed E-state index contributed by atoms with van der Waals surface area (Å²) >= 11 is 0. The van der Waals surface area contributed by atoms with Gasteiger partial charge in [0.1, 0.15) is 5.54 Å². The molecule has 0 saturated heterocycles. The predicted octanol–water partition coefficient (Wildman–Crippen LogP) is 0.795. The number of nitriles is 1. The fraction of sp³-hybridized carbons (Fsp3) is 0.889. The van der Waals surface area contributed by atoms with E-state index in [1.165, 1.54) is 6.42 Å². The van der Waals surface area contributed by atoms with Crippen molar-refractivity contribution in [2.75, 3.05) is 13.2 Å². The fourth-order valence-electron chi connectivity index (χ4n) is 1.78. The minimum Gasteiger partial charge on any atom is -0.395 e. The van der Waals surface area contributed by atoms with Gasteiger partial charge in [-0.15, -0.1) is 0 Å². The summed E-state index contributed by atoms with van der Waals surface area (Å²) in [5.74, 6) is 0. The third-order valence-electron chi connectivity index (χ3n) is 2.50. The lowest BCUT2D eigenvalue weighted by Crippen LogP contribution is -2.46. The van der Waals surface area contributed by atoms with E-state index >= 15 is 0 Å². The molecule has 0 unspecified atom stereocenters. The smallest absolute Gasteiger partial charge is 0.106 e. The van der Waals surface area contributed by atoms with Crippen LogP contribution in [0.2, 0.25) is 0 Å². The summed E-state index contributed by atoms with van der Waals surface area (Å²) in [6.45, 7) is 0.650. The van der Waals surface area contributed by atoms with E-state index in [2.05, 4.69) is 11.4 Å². The van der Waals surface area contributed by atoms with Crippen molar-refractivity contribution in [3.63, 3.8) is 0 Å². The molecule has 2 N–H and O–H groups in total. The van der Waals surface area contributed by atoms with Gasteiger partial charge in [0.05, 0.1) is 12.7 Å². The third kappa shape index (κ3) is 2.20. The van der Waals surface area contributed by atoms with Crippen molar-refractivity contribution in [3.05, 3.63) is 0 Å². The van der Waals surface area contributed by atoms with Gasteiger partial charge in [0.15, 0.2) is 0 Å². The lowest BCUT2D eigenvalue weighted by Gasteiger charge is -2.31. The normalized spacial score (nSPS) is 21.7. The molecule has 1 aliphatic rings. The molecule has 0 amide bonds. The summed E-state index contributed by atoms with van der Waals surface area (Å²) in [7, 11) is 0. The van der Waals surface area contributed by atoms with Gasteiger partial charge in [-0.3, -0.25) is 5.32 Å². The predicted molar refractivity (Wildman–Crippen MR) is 46.5 cm³/mol. The first-order valence-electron chi connectivity index (χ1n) is 4.60. The quantitative estimate of drug-likeness (QED) is 0.655. The Morgan fingerprint density at radius 2 is 2.00 bits per heavy atom. The molecule has 0 bridgehead atoms. The van der Waals surface area contributed by atoms with E-state index < -0.39 is 0 Å². The van der Waals surface area contributed by atoms with Crippen LogP contribution in [0.4, 0.5) is 0 Å². The van der Waals surface area contributed by atoms with Crippen LogP contribution in [0.3, 0.4) is 0 Å². The van der Waals surface area contributed by atoms with Crippen LogP contribution < -0.4 is 5.32 Å². The summed E-state index contributed by atoms with van der Waals surface area (Å²) in [5, 5.41) is 20.7. The van der Waals surface area contributed by atoms with Crippen LogP contribution in [0.25, 0.3) is 0 Å². The summed E-state index contributed by atoms with van der Waals surface area (Å²) in [6.07, 6.45) is 5.37. The molecule has 0 aromatic rings. The van der Waals surface area contributed by atoms with Crippen LogP contribution in [0.15, 0.2) is 0 Å². The van der Waals surface area contributed by atoms with Gasteiger partial charge in [0.25, 0.3) is 0 Å². The Kier molecular flexibility index (Phi) is 3.51. The molecule has 0 aliphatic heterocycles. The minimum atomic E-state index is -0.332. The van der Waals surface area contributed by atoms with Crippen molar-refractivity contribution < 1.29 is 5.11 Å². The Morgan fingerprint density at radius 1 is 1.33 bits per heavy atom. The average Bonchev–Trinajstić information content (AvgIpc) is 2.16. The van der Waals surface area contributed by atoms with E-state index in [1.54, 1.807) is 0 Å². The zero-order valence-corrected chi connectivity index (χ0v) is 7.34. The summed E-state index contributed by atoms with van der Waals surface area (Å²) < 4.78 is 0.